The Morgan fingerprint density at radius 2 is 1.08 bits per heavy atom. The highest BCUT2D eigenvalue weighted by atomic mass is 19.4. The molecule has 0 aliphatic carbocycles. The van der Waals surface area contributed by atoms with E-state index in [4.69, 9.17) is 0 Å². The molecular formula is C16H5F9. The van der Waals surface area contributed by atoms with E-state index in [1.54, 1.807) is 12.0 Å². The molecule has 0 aliphatic heterocycles. The monoisotopic (exact) mass is 368 g/mol. The highest BCUT2D eigenvalue weighted by molar-refractivity contribution is 5.49. The lowest BCUT2D eigenvalue weighted by Crippen LogP contribution is -2.23. The largest absolute Gasteiger partial charge is 0.420 e. The van der Waals surface area contributed by atoms with Gasteiger partial charge >= 0.3 is 12.4 Å². The van der Waals surface area contributed by atoms with E-state index in [9.17, 15) is 39.5 Å². The molecule has 25 heavy (non-hydrogen) atoms. The number of alkyl halides is 6. The predicted molar refractivity (Wildman–Crippen MR) is 68.7 cm³/mol. The topological polar surface area (TPSA) is 0 Å². The summed E-state index contributed by atoms with van der Waals surface area (Å²) in [5.74, 6) is -4.25. The summed E-state index contributed by atoms with van der Waals surface area (Å²) in [6, 6.07) is 7.10. The molecule has 0 nitrogen and oxygen atoms in total. The first-order valence-electron chi connectivity index (χ1n) is 6.36. The molecule has 0 radical (unpaired) electrons. The second-order valence-corrected chi connectivity index (χ2v) is 4.68. The van der Waals surface area contributed by atoms with Crippen LogP contribution in [-0.2, 0) is 12.4 Å². The zero-order valence-electron chi connectivity index (χ0n) is 11.8. The van der Waals surface area contributed by atoms with Crippen molar-refractivity contribution in [2.45, 2.75) is 12.4 Å². The first-order valence-corrected chi connectivity index (χ1v) is 6.36. The zero-order valence-corrected chi connectivity index (χ0v) is 11.8. The molecule has 2 rings (SSSR count). The molecule has 0 N–H and O–H groups in total. The van der Waals surface area contributed by atoms with Crippen LogP contribution in [0.4, 0.5) is 39.5 Å². The van der Waals surface area contributed by atoms with E-state index < -0.39 is 46.5 Å². The summed E-state index contributed by atoms with van der Waals surface area (Å²) < 4.78 is 118. The summed E-state index contributed by atoms with van der Waals surface area (Å²) in [5, 5.41) is 0. The van der Waals surface area contributed by atoms with E-state index in [2.05, 4.69) is 5.92 Å². The van der Waals surface area contributed by atoms with Crippen molar-refractivity contribution in [2.24, 2.45) is 0 Å². The van der Waals surface area contributed by atoms with Crippen molar-refractivity contribution in [2.75, 3.05) is 0 Å². The Labute approximate surface area is 134 Å². The third kappa shape index (κ3) is 3.73. The third-order valence-corrected chi connectivity index (χ3v) is 2.99. The molecule has 0 saturated heterocycles. The second-order valence-electron chi connectivity index (χ2n) is 4.68. The van der Waals surface area contributed by atoms with Crippen LogP contribution in [-0.4, -0.2) is 0 Å². The minimum Gasteiger partial charge on any atom is -0.205 e. The number of rotatable bonds is 0. The molecule has 0 saturated carbocycles. The van der Waals surface area contributed by atoms with Crippen LogP contribution < -0.4 is 0 Å². The summed E-state index contributed by atoms with van der Waals surface area (Å²) in [6.07, 6.45) is -11.9. The Morgan fingerprint density at radius 1 is 0.600 bits per heavy atom. The smallest absolute Gasteiger partial charge is 0.205 e. The van der Waals surface area contributed by atoms with Gasteiger partial charge in [-0.05, 0) is 12.1 Å². The maximum Gasteiger partial charge on any atom is 0.420 e. The Kier molecular flexibility index (Phi) is 4.75. The minimum atomic E-state index is -5.96. The second kappa shape index (κ2) is 6.35. The zero-order chi connectivity index (χ0) is 19.0. The standard InChI is InChI=1S/C16H5F9/c17-12-9(7-6-8-4-2-1-3-5-8)13(18)14(19)11(16(23,24)25)10(12)15(20,21)22/h1-5H. The summed E-state index contributed by atoms with van der Waals surface area (Å²) in [4.78, 5) is 0. The maximum absolute atomic E-state index is 14.0. The Morgan fingerprint density at radius 3 is 1.56 bits per heavy atom. The van der Waals surface area contributed by atoms with Crippen molar-refractivity contribution in [1.82, 2.24) is 0 Å². The quantitative estimate of drug-likeness (QED) is 0.325. The van der Waals surface area contributed by atoms with Gasteiger partial charge in [0.1, 0.15) is 16.7 Å². The van der Waals surface area contributed by atoms with Gasteiger partial charge in [-0.2, -0.15) is 26.3 Å². The molecule has 0 heterocycles. The van der Waals surface area contributed by atoms with E-state index in [1.807, 2.05) is 0 Å². The van der Waals surface area contributed by atoms with Gasteiger partial charge < -0.3 is 0 Å². The molecule has 0 amide bonds. The maximum atomic E-state index is 14.0. The van der Waals surface area contributed by atoms with Crippen LogP contribution in [0.15, 0.2) is 30.3 Å². The van der Waals surface area contributed by atoms with E-state index in [-0.39, 0.29) is 5.56 Å². The Balaban J connectivity index is 2.81. The van der Waals surface area contributed by atoms with Gasteiger partial charge in [0.15, 0.2) is 17.5 Å². The van der Waals surface area contributed by atoms with E-state index >= 15 is 0 Å². The van der Waals surface area contributed by atoms with Gasteiger partial charge in [-0.25, -0.2) is 13.2 Å². The van der Waals surface area contributed by atoms with Gasteiger partial charge in [0.25, 0.3) is 0 Å². The van der Waals surface area contributed by atoms with Crippen LogP contribution in [0.25, 0.3) is 0 Å². The SMILES string of the molecule is Fc1c(F)c(C(F)(F)F)c(C(F)(F)F)c(F)c1C#Cc1ccccc1. The first kappa shape index (κ1) is 18.7. The van der Waals surface area contributed by atoms with Gasteiger partial charge in [0, 0.05) is 5.56 Å². The van der Waals surface area contributed by atoms with Gasteiger partial charge in [0.05, 0.1) is 0 Å². The fourth-order valence-electron chi connectivity index (χ4n) is 1.96. The van der Waals surface area contributed by atoms with Crippen molar-refractivity contribution >= 4 is 0 Å². The van der Waals surface area contributed by atoms with Gasteiger partial charge in [-0.1, -0.05) is 30.0 Å². The van der Waals surface area contributed by atoms with Gasteiger partial charge in [0.2, 0.25) is 0 Å². The lowest BCUT2D eigenvalue weighted by molar-refractivity contribution is -0.166. The van der Waals surface area contributed by atoms with E-state index in [0.717, 1.165) is 0 Å². The van der Waals surface area contributed by atoms with Crippen molar-refractivity contribution in [3.05, 3.63) is 70.0 Å². The lowest BCUT2D eigenvalue weighted by Gasteiger charge is -2.18. The molecule has 0 unspecified atom stereocenters. The van der Waals surface area contributed by atoms with Crippen molar-refractivity contribution in [1.29, 1.82) is 0 Å². The molecule has 0 fully saturated rings. The van der Waals surface area contributed by atoms with Crippen LogP contribution in [0, 0.1) is 29.3 Å². The van der Waals surface area contributed by atoms with Gasteiger partial charge in [-0.3, -0.25) is 0 Å². The number of halogens is 9. The van der Waals surface area contributed by atoms with Crippen molar-refractivity contribution in [3.8, 4) is 11.8 Å². The molecule has 2 aromatic carbocycles. The average Bonchev–Trinajstić information content (AvgIpc) is 2.49. The summed E-state index contributed by atoms with van der Waals surface area (Å²) in [6.45, 7) is 0. The predicted octanol–water partition coefficient (Wildman–Crippen LogP) is 5.54. The van der Waals surface area contributed by atoms with Crippen LogP contribution in [0.5, 0.6) is 0 Å². The Hall–Kier alpha value is -2.63. The van der Waals surface area contributed by atoms with Crippen LogP contribution in [0.1, 0.15) is 22.3 Å². The molecule has 0 bridgehead atoms. The molecule has 0 spiro atoms. The molecule has 9 heteroatoms. The normalized spacial score (nSPS) is 11.9. The fraction of sp³-hybridized carbons (Fsp3) is 0.125. The summed E-state index contributed by atoms with van der Waals surface area (Å²) in [5.41, 5.74) is -7.63. The summed E-state index contributed by atoms with van der Waals surface area (Å²) in [7, 11) is 0. The Bertz CT molecular complexity index is 850. The molecule has 0 aromatic heterocycles. The van der Waals surface area contributed by atoms with Crippen molar-refractivity contribution < 1.29 is 39.5 Å². The third-order valence-electron chi connectivity index (χ3n) is 2.99. The summed E-state index contributed by atoms with van der Waals surface area (Å²) >= 11 is 0. The van der Waals surface area contributed by atoms with Crippen molar-refractivity contribution in [3.63, 3.8) is 0 Å². The highest BCUT2D eigenvalue weighted by Gasteiger charge is 2.50. The number of hydrogen-bond acceptors (Lipinski definition) is 0. The number of hydrogen-bond donors (Lipinski definition) is 0. The van der Waals surface area contributed by atoms with Gasteiger partial charge in [-0.15, -0.1) is 0 Å². The van der Waals surface area contributed by atoms with E-state index in [1.165, 1.54) is 24.3 Å². The minimum absolute atomic E-state index is 0.107. The lowest BCUT2D eigenvalue weighted by atomic mass is 10.00. The highest BCUT2D eigenvalue weighted by Crippen LogP contribution is 2.44. The fourth-order valence-corrected chi connectivity index (χ4v) is 1.96. The van der Waals surface area contributed by atoms with Crippen LogP contribution >= 0.6 is 0 Å². The molecule has 132 valence electrons. The average molecular weight is 368 g/mol. The molecule has 0 aliphatic rings. The van der Waals surface area contributed by atoms with Crippen LogP contribution in [0.3, 0.4) is 0 Å². The molecular weight excluding hydrogens is 363 g/mol. The van der Waals surface area contributed by atoms with Crippen LogP contribution in [0.2, 0.25) is 0 Å². The molecule has 0 atom stereocenters. The first-order chi connectivity index (χ1) is 11.4. The molecule has 2 aromatic rings. The number of benzene rings is 2. The van der Waals surface area contributed by atoms with E-state index in [0.29, 0.717) is 0 Å².